The molecule has 34 heavy (non-hydrogen) atoms. The molecule has 2 amide bonds. The second-order valence-electron chi connectivity index (χ2n) is 8.74. The van der Waals surface area contributed by atoms with Crippen molar-refractivity contribution in [2.45, 2.75) is 26.8 Å². The van der Waals surface area contributed by atoms with Crippen LogP contribution in [0.25, 0.3) is 0 Å². The molecule has 4 nitrogen and oxygen atoms in total. The van der Waals surface area contributed by atoms with Crippen LogP contribution in [-0.4, -0.2) is 11.8 Å². The van der Waals surface area contributed by atoms with Gasteiger partial charge in [-0.05, 0) is 84.5 Å². The van der Waals surface area contributed by atoms with Crippen LogP contribution in [0.15, 0.2) is 91.0 Å². The fourth-order valence-corrected chi connectivity index (χ4v) is 4.50. The van der Waals surface area contributed by atoms with E-state index in [1.807, 2.05) is 67.3 Å². The predicted octanol–water partition coefficient (Wildman–Crippen LogP) is 6.31. The molecule has 0 spiro atoms. The summed E-state index contributed by atoms with van der Waals surface area (Å²) in [5.41, 5.74) is 8.41. The Labute approximate surface area is 199 Å². The van der Waals surface area contributed by atoms with E-state index in [4.69, 9.17) is 0 Å². The molecule has 1 aliphatic heterocycles. The summed E-state index contributed by atoms with van der Waals surface area (Å²) < 4.78 is 0. The van der Waals surface area contributed by atoms with Crippen LogP contribution in [0.3, 0.4) is 0 Å². The van der Waals surface area contributed by atoms with E-state index in [0.717, 1.165) is 34.4 Å². The molecular weight excluding hydrogens is 420 g/mol. The zero-order valence-corrected chi connectivity index (χ0v) is 19.3. The largest absolute Gasteiger partial charge is 0.322 e. The Morgan fingerprint density at radius 1 is 0.735 bits per heavy atom. The third kappa shape index (κ3) is 4.11. The minimum Gasteiger partial charge on any atom is -0.322 e. The van der Waals surface area contributed by atoms with E-state index in [1.165, 1.54) is 5.56 Å². The molecule has 1 N–H and O–H groups in total. The molecule has 1 heterocycles. The van der Waals surface area contributed by atoms with Gasteiger partial charge in [0.1, 0.15) is 0 Å². The molecule has 5 rings (SSSR count). The Morgan fingerprint density at radius 2 is 1.41 bits per heavy atom. The standard InChI is InChI=1S/C30H26N2O2/c1-20-8-7-12-27(21(20)2)29(33)31-26-16-14-22(15-17-26)30(34)32-19-25-11-4-3-9-23(25)18-24-10-5-6-13-28(24)32/h3-17H,18-19H2,1-2H3,(H,31,33). The lowest BCUT2D eigenvalue weighted by atomic mass is 10.0. The zero-order chi connectivity index (χ0) is 23.7. The van der Waals surface area contributed by atoms with Crippen molar-refractivity contribution >= 4 is 23.2 Å². The first kappa shape index (κ1) is 21.7. The number of nitrogens with one attached hydrogen (secondary N) is 1. The van der Waals surface area contributed by atoms with Gasteiger partial charge in [0.2, 0.25) is 0 Å². The van der Waals surface area contributed by atoms with Crippen molar-refractivity contribution in [2.24, 2.45) is 0 Å². The molecule has 168 valence electrons. The van der Waals surface area contributed by atoms with Gasteiger partial charge in [0.05, 0.1) is 6.54 Å². The van der Waals surface area contributed by atoms with E-state index in [1.54, 1.807) is 24.3 Å². The number of amides is 2. The molecule has 0 saturated heterocycles. The van der Waals surface area contributed by atoms with Crippen LogP contribution in [0.2, 0.25) is 0 Å². The minimum absolute atomic E-state index is 0.0587. The average Bonchev–Trinajstić information content (AvgIpc) is 3.02. The number of anilines is 2. The molecule has 0 saturated carbocycles. The summed E-state index contributed by atoms with van der Waals surface area (Å²) in [5, 5.41) is 2.95. The van der Waals surface area contributed by atoms with Gasteiger partial charge in [-0.3, -0.25) is 9.59 Å². The second kappa shape index (κ2) is 8.99. The van der Waals surface area contributed by atoms with Crippen molar-refractivity contribution < 1.29 is 9.59 Å². The Kier molecular flexibility index (Phi) is 5.72. The number of rotatable bonds is 3. The lowest BCUT2D eigenvalue weighted by Crippen LogP contribution is -2.30. The smallest absolute Gasteiger partial charge is 0.258 e. The van der Waals surface area contributed by atoms with Gasteiger partial charge in [-0.15, -0.1) is 0 Å². The number of hydrogen-bond donors (Lipinski definition) is 1. The first-order chi connectivity index (χ1) is 16.5. The van der Waals surface area contributed by atoms with E-state index < -0.39 is 0 Å². The maximum absolute atomic E-state index is 13.6. The van der Waals surface area contributed by atoms with Crippen molar-refractivity contribution in [1.29, 1.82) is 0 Å². The Bertz CT molecular complexity index is 1390. The average molecular weight is 447 g/mol. The van der Waals surface area contributed by atoms with Gasteiger partial charge < -0.3 is 10.2 Å². The molecule has 0 radical (unpaired) electrons. The van der Waals surface area contributed by atoms with E-state index in [9.17, 15) is 9.59 Å². The molecule has 4 heteroatoms. The normalized spacial score (nSPS) is 12.4. The van der Waals surface area contributed by atoms with Crippen LogP contribution < -0.4 is 10.2 Å². The van der Waals surface area contributed by atoms with Gasteiger partial charge in [0.25, 0.3) is 11.8 Å². The van der Waals surface area contributed by atoms with Crippen LogP contribution in [0.4, 0.5) is 11.4 Å². The summed E-state index contributed by atoms with van der Waals surface area (Å²) in [6.07, 6.45) is 0.805. The summed E-state index contributed by atoms with van der Waals surface area (Å²) in [7, 11) is 0. The topological polar surface area (TPSA) is 49.4 Å². The monoisotopic (exact) mass is 446 g/mol. The first-order valence-electron chi connectivity index (χ1n) is 11.5. The van der Waals surface area contributed by atoms with Gasteiger partial charge in [0, 0.05) is 22.5 Å². The molecule has 4 aromatic carbocycles. The highest BCUT2D eigenvalue weighted by atomic mass is 16.2. The Hall–Kier alpha value is -4.18. The highest BCUT2D eigenvalue weighted by molar-refractivity contribution is 6.08. The Morgan fingerprint density at radius 3 is 2.18 bits per heavy atom. The van der Waals surface area contributed by atoms with Gasteiger partial charge in [0.15, 0.2) is 0 Å². The molecule has 1 aliphatic rings. The molecule has 4 aromatic rings. The van der Waals surface area contributed by atoms with Crippen LogP contribution in [-0.2, 0) is 13.0 Å². The number of benzene rings is 4. The van der Waals surface area contributed by atoms with Gasteiger partial charge in [-0.25, -0.2) is 0 Å². The SMILES string of the molecule is Cc1cccc(C(=O)Nc2ccc(C(=O)N3Cc4ccccc4Cc4ccccc43)cc2)c1C. The third-order valence-electron chi connectivity index (χ3n) is 6.59. The highest BCUT2D eigenvalue weighted by Gasteiger charge is 2.24. The Balaban J connectivity index is 1.40. The predicted molar refractivity (Wildman–Crippen MR) is 137 cm³/mol. The summed E-state index contributed by atoms with van der Waals surface area (Å²) in [5.74, 6) is -0.213. The van der Waals surface area contributed by atoms with Crippen molar-refractivity contribution in [3.8, 4) is 0 Å². The molecule has 0 fully saturated rings. The van der Waals surface area contributed by atoms with E-state index >= 15 is 0 Å². The molecular formula is C30H26N2O2. The lowest BCUT2D eigenvalue weighted by molar-refractivity contribution is 0.0984. The number of carbonyl (C=O) groups is 2. The van der Waals surface area contributed by atoms with E-state index in [2.05, 4.69) is 23.5 Å². The fourth-order valence-electron chi connectivity index (χ4n) is 4.50. The quantitative estimate of drug-likeness (QED) is 0.401. The van der Waals surface area contributed by atoms with Crippen molar-refractivity contribution in [3.05, 3.63) is 130 Å². The van der Waals surface area contributed by atoms with Crippen molar-refractivity contribution in [1.82, 2.24) is 0 Å². The van der Waals surface area contributed by atoms with Gasteiger partial charge in [-0.1, -0.05) is 54.6 Å². The summed E-state index contributed by atoms with van der Waals surface area (Å²) in [4.78, 5) is 28.2. The van der Waals surface area contributed by atoms with Crippen LogP contribution >= 0.6 is 0 Å². The maximum atomic E-state index is 13.6. The number of fused-ring (bicyclic) bond motifs is 2. The molecule has 0 aliphatic carbocycles. The van der Waals surface area contributed by atoms with Crippen molar-refractivity contribution in [2.75, 3.05) is 10.2 Å². The lowest BCUT2D eigenvalue weighted by Gasteiger charge is -2.23. The van der Waals surface area contributed by atoms with Crippen LogP contribution in [0.1, 0.15) is 48.5 Å². The number of carbonyl (C=O) groups excluding carboxylic acids is 2. The van der Waals surface area contributed by atoms with Gasteiger partial charge >= 0.3 is 0 Å². The minimum atomic E-state index is -0.154. The molecule has 0 bridgehead atoms. The third-order valence-corrected chi connectivity index (χ3v) is 6.59. The van der Waals surface area contributed by atoms with Crippen LogP contribution in [0.5, 0.6) is 0 Å². The first-order valence-corrected chi connectivity index (χ1v) is 11.5. The summed E-state index contributed by atoms with van der Waals surface area (Å²) in [6, 6.07) is 29.2. The molecule has 0 aromatic heterocycles. The number of nitrogens with zero attached hydrogens (tertiary/aromatic N) is 1. The maximum Gasteiger partial charge on any atom is 0.258 e. The highest BCUT2D eigenvalue weighted by Crippen LogP contribution is 2.31. The number of para-hydroxylation sites is 1. The summed E-state index contributed by atoms with van der Waals surface area (Å²) >= 11 is 0. The molecule has 0 unspecified atom stereocenters. The van der Waals surface area contributed by atoms with Gasteiger partial charge in [-0.2, -0.15) is 0 Å². The van der Waals surface area contributed by atoms with E-state index in [-0.39, 0.29) is 11.8 Å². The van der Waals surface area contributed by atoms with Crippen LogP contribution in [0, 0.1) is 13.8 Å². The number of aryl methyl sites for hydroxylation is 1. The fraction of sp³-hybridized carbons (Fsp3) is 0.133. The van der Waals surface area contributed by atoms with E-state index in [0.29, 0.717) is 23.4 Å². The second-order valence-corrected chi connectivity index (χ2v) is 8.74. The number of hydrogen-bond acceptors (Lipinski definition) is 2. The molecule has 0 atom stereocenters. The zero-order valence-electron chi connectivity index (χ0n) is 19.3. The summed E-state index contributed by atoms with van der Waals surface area (Å²) in [6.45, 7) is 4.46. The van der Waals surface area contributed by atoms with Crippen molar-refractivity contribution in [3.63, 3.8) is 0 Å².